The van der Waals surface area contributed by atoms with Crippen LogP contribution in [0.5, 0.6) is 0 Å². The number of hydrogen-bond donors (Lipinski definition) is 0. The molecular weight excluding hydrogens is 710 g/mol. The van der Waals surface area contributed by atoms with Crippen LogP contribution in [0.25, 0.3) is 0 Å². The highest BCUT2D eigenvalue weighted by Gasteiger charge is 2.52. The van der Waals surface area contributed by atoms with Crippen LogP contribution < -0.4 is 21.9 Å². The van der Waals surface area contributed by atoms with Crippen LogP contribution in [0.15, 0.2) is 0 Å². The highest BCUT2D eigenvalue weighted by molar-refractivity contribution is 7.20. The zero-order valence-electron chi connectivity index (χ0n) is 21.1. The van der Waals surface area contributed by atoms with Crippen LogP contribution in [-0.2, 0) is 0 Å². The summed E-state index contributed by atoms with van der Waals surface area (Å²) in [6, 6.07) is 0. The molecule has 0 amide bonds. The monoisotopic (exact) mass is 714 g/mol. The lowest BCUT2D eigenvalue weighted by atomic mass is 9.12. The Morgan fingerprint density at radius 2 is 0.261 bits per heavy atom. The molecule has 0 saturated heterocycles. The molecule has 1 atom stereocenters. The normalized spacial score (nSPS) is 11.7. The predicted molar refractivity (Wildman–Crippen MR) is 122 cm³/mol. The summed E-state index contributed by atoms with van der Waals surface area (Å²) in [5, 5.41) is 0. The summed E-state index contributed by atoms with van der Waals surface area (Å²) in [5.41, 5.74) is -14.3. The molecule has 0 N–H and O–H groups in total. The molecule has 0 aliphatic rings. The average molecular weight is 714 g/mol. The average Bonchev–Trinajstić information content (AvgIpc) is 3.00. The van der Waals surface area contributed by atoms with E-state index in [1.54, 1.807) is 0 Å². The molecular formula is C24H4BF20P. The van der Waals surface area contributed by atoms with E-state index in [1.165, 1.54) is 0 Å². The quantitative estimate of drug-likeness (QED) is 0.0846. The third kappa shape index (κ3) is 4.51. The lowest BCUT2D eigenvalue weighted by Crippen LogP contribution is -2.81. The Balaban J connectivity index is 0.00000576. The van der Waals surface area contributed by atoms with Gasteiger partial charge in [-0.1, -0.05) is 0 Å². The van der Waals surface area contributed by atoms with Gasteiger partial charge in [0.2, 0.25) is 0 Å². The van der Waals surface area contributed by atoms with Gasteiger partial charge >= 0.3 is 0 Å². The Labute approximate surface area is 242 Å². The molecule has 46 heavy (non-hydrogen) atoms. The van der Waals surface area contributed by atoms with E-state index in [0.717, 1.165) is 0 Å². The Morgan fingerprint density at radius 1 is 0.174 bits per heavy atom. The summed E-state index contributed by atoms with van der Waals surface area (Å²) in [5.74, 6) is -71.4. The van der Waals surface area contributed by atoms with E-state index in [9.17, 15) is 52.7 Å². The molecule has 0 fully saturated rings. The van der Waals surface area contributed by atoms with Crippen molar-refractivity contribution in [2.75, 3.05) is 0 Å². The van der Waals surface area contributed by atoms with Crippen molar-refractivity contribution in [1.29, 1.82) is 0 Å². The first-order valence-corrected chi connectivity index (χ1v) is 10.9. The van der Waals surface area contributed by atoms with Gasteiger partial charge in [0, 0.05) is 0 Å². The number of hydrogen-bond acceptors (Lipinski definition) is 0. The van der Waals surface area contributed by atoms with Gasteiger partial charge in [-0.05, 0) is 9.90 Å². The molecule has 0 nitrogen and oxygen atoms in total. The maximum Gasteiger partial charge on any atom is 0.200 e. The Bertz CT molecular complexity index is 1580. The highest BCUT2D eigenvalue weighted by Crippen LogP contribution is 2.30. The van der Waals surface area contributed by atoms with E-state index in [-0.39, 0.29) is 9.90 Å². The minimum absolute atomic E-state index is 0. The van der Waals surface area contributed by atoms with E-state index in [2.05, 4.69) is 0 Å². The first kappa shape index (κ1) is 36.4. The fourth-order valence-corrected chi connectivity index (χ4v) is 4.87. The minimum atomic E-state index is -7.22. The van der Waals surface area contributed by atoms with Crippen LogP contribution in [-0.4, -0.2) is 6.15 Å². The minimum Gasteiger partial charge on any atom is -0.207 e. The molecule has 0 heterocycles. The molecule has 22 heteroatoms. The van der Waals surface area contributed by atoms with Gasteiger partial charge in [0.05, 0.1) is 0 Å². The summed E-state index contributed by atoms with van der Waals surface area (Å²) in [4.78, 5) is 0. The maximum absolute atomic E-state index is 15.4. The van der Waals surface area contributed by atoms with E-state index in [1.807, 2.05) is 0 Å². The number of rotatable bonds is 4. The molecule has 1 unspecified atom stereocenters. The molecule has 4 rings (SSSR count). The summed E-state index contributed by atoms with van der Waals surface area (Å²) < 4.78 is 294. The SMILES string of the molecule is Fc1c(F)c(F)c([B-](c2c(F)c(F)c(F)c(F)c2F)(c2c(F)c(F)c(F)c(F)c2F)c2c(F)c(F)c(F)c(F)c2F)c(F)c1F.[PH4+]. The fraction of sp³-hybridized carbons (Fsp3) is 0. The second-order valence-electron chi connectivity index (χ2n) is 8.80. The molecule has 0 aliphatic heterocycles. The van der Waals surface area contributed by atoms with Crippen molar-refractivity contribution in [1.82, 2.24) is 0 Å². The lowest BCUT2D eigenvalue weighted by Gasteiger charge is -2.44. The van der Waals surface area contributed by atoms with Gasteiger partial charge in [0.25, 0.3) is 0 Å². The van der Waals surface area contributed by atoms with Crippen LogP contribution >= 0.6 is 9.90 Å². The van der Waals surface area contributed by atoms with Crippen LogP contribution in [0, 0.1) is 116 Å². The van der Waals surface area contributed by atoms with Crippen LogP contribution in [0.3, 0.4) is 0 Å². The molecule has 0 aromatic heterocycles. The van der Waals surface area contributed by atoms with Gasteiger partial charge < -0.3 is 0 Å². The molecule has 0 radical (unpaired) electrons. The number of halogens is 20. The van der Waals surface area contributed by atoms with Crippen molar-refractivity contribution in [2.24, 2.45) is 0 Å². The number of benzene rings is 4. The van der Waals surface area contributed by atoms with Crippen molar-refractivity contribution < 1.29 is 87.8 Å². The Hall–Kier alpha value is -4.03. The van der Waals surface area contributed by atoms with Crippen LogP contribution in [0.4, 0.5) is 87.8 Å². The molecule has 4 aromatic rings. The maximum atomic E-state index is 15.4. The third-order valence-corrected chi connectivity index (χ3v) is 6.71. The van der Waals surface area contributed by atoms with Gasteiger partial charge in [-0.25, -0.2) is 87.8 Å². The second kappa shape index (κ2) is 12.0. The van der Waals surface area contributed by atoms with Gasteiger partial charge in [-0.2, -0.15) is 0 Å². The molecule has 0 aliphatic carbocycles. The molecule has 4 aromatic carbocycles. The molecule has 248 valence electrons. The van der Waals surface area contributed by atoms with Crippen molar-refractivity contribution in [3.8, 4) is 0 Å². The molecule has 0 saturated carbocycles. The second-order valence-corrected chi connectivity index (χ2v) is 8.80. The van der Waals surface area contributed by atoms with Crippen molar-refractivity contribution in [3.63, 3.8) is 0 Å². The topological polar surface area (TPSA) is 0 Å². The van der Waals surface area contributed by atoms with Crippen molar-refractivity contribution in [3.05, 3.63) is 116 Å². The van der Waals surface area contributed by atoms with Crippen molar-refractivity contribution in [2.45, 2.75) is 0 Å². The van der Waals surface area contributed by atoms with Gasteiger partial charge in [0.15, 0.2) is 69.8 Å². The molecule has 0 bridgehead atoms. The summed E-state index contributed by atoms with van der Waals surface area (Å²) in [6.45, 7) is 0. The van der Waals surface area contributed by atoms with E-state index in [4.69, 9.17) is 0 Å². The van der Waals surface area contributed by atoms with Gasteiger partial charge in [0.1, 0.15) is 52.7 Å². The van der Waals surface area contributed by atoms with E-state index < -0.39 is 144 Å². The zero-order valence-corrected chi connectivity index (χ0v) is 23.1. The standard InChI is InChI=1S/C24BF20.H3P/c26-5-1(6(27)14(35)21(42)13(5)34)25(2-7(28)15(36)22(43)16(37)8(2)29,3-9(30)17(38)23(44)18(39)10(3)31)4-11(32)19(40)24(45)20(41)12(4)33;/h;1H3/q-1;/p+1. The predicted octanol–water partition coefficient (Wildman–Crippen LogP) is 5.64. The van der Waals surface area contributed by atoms with Crippen LogP contribution in [0.1, 0.15) is 0 Å². The lowest BCUT2D eigenvalue weighted by molar-refractivity contribution is 0.378. The van der Waals surface area contributed by atoms with Crippen molar-refractivity contribution >= 4 is 37.9 Å². The first-order valence-electron chi connectivity index (χ1n) is 10.9. The first-order chi connectivity index (χ1) is 20.7. The van der Waals surface area contributed by atoms with E-state index >= 15 is 35.1 Å². The summed E-state index contributed by atoms with van der Waals surface area (Å²) in [6.07, 6.45) is -7.22. The fourth-order valence-electron chi connectivity index (χ4n) is 4.87. The summed E-state index contributed by atoms with van der Waals surface area (Å²) >= 11 is 0. The Kier molecular flexibility index (Phi) is 9.48. The van der Waals surface area contributed by atoms with E-state index in [0.29, 0.717) is 0 Å². The van der Waals surface area contributed by atoms with Crippen LogP contribution in [0.2, 0.25) is 0 Å². The zero-order chi connectivity index (χ0) is 34.4. The third-order valence-electron chi connectivity index (χ3n) is 6.71. The molecule has 0 spiro atoms. The van der Waals surface area contributed by atoms with Gasteiger partial charge in [-0.3, -0.25) is 0 Å². The smallest absolute Gasteiger partial charge is 0.200 e. The largest absolute Gasteiger partial charge is 0.207 e. The Morgan fingerprint density at radius 3 is 0.370 bits per heavy atom. The van der Waals surface area contributed by atoms with Gasteiger partial charge in [-0.15, -0.1) is 21.9 Å². The summed E-state index contributed by atoms with van der Waals surface area (Å²) in [7, 11) is 0. The highest BCUT2D eigenvalue weighted by atomic mass is 31.0.